The summed E-state index contributed by atoms with van der Waals surface area (Å²) in [6.45, 7) is 1.12. The Kier molecular flexibility index (Phi) is 11.0. The molecule has 5 N–H and O–H groups in total. The van der Waals surface area contributed by atoms with Crippen LogP contribution in [0.25, 0.3) is 11.2 Å². The van der Waals surface area contributed by atoms with Crippen molar-refractivity contribution >= 4 is 59.5 Å². The molecule has 3 aromatic rings. The van der Waals surface area contributed by atoms with Gasteiger partial charge < -0.3 is 25.8 Å². The lowest BCUT2D eigenvalue weighted by Crippen LogP contribution is -2.41. The predicted octanol–water partition coefficient (Wildman–Crippen LogP) is 5.65. The smallest absolute Gasteiger partial charge is 0.365 e. The van der Waals surface area contributed by atoms with Crippen LogP contribution in [0.3, 0.4) is 0 Å². The van der Waals surface area contributed by atoms with Crippen molar-refractivity contribution in [2.75, 3.05) is 29.0 Å². The van der Waals surface area contributed by atoms with E-state index in [1.165, 1.54) is 31.0 Å². The van der Waals surface area contributed by atoms with Gasteiger partial charge in [0.1, 0.15) is 5.82 Å². The number of nitrogens with zero attached hydrogens (tertiary/aromatic N) is 5. The summed E-state index contributed by atoms with van der Waals surface area (Å²) in [5, 5.41) is 11.4. The van der Waals surface area contributed by atoms with E-state index in [0.29, 0.717) is 36.8 Å². The van der Waals surface area contributed by atoms with E-state index in [9.17, 15) is 9.18 Å². The fourth-order valence-corrected chi connectivity index (χ4v) is 6.09. The highest BCUT2D eigenvalue weighted by Crippen LogP contribution is 2.34. The zero-order chi connectivity index (χ0) is 27.5. The van der Waals surface area contributed by atoms with Crippen molar-refractivity contribution in [1.29, 1.82) is 0 Å². The normalized spacial score (nSPS) is 21.8. The quantitative estimate of drug-likeness (QED) is 0.263. The number of nitrogens with two attached hydrogens (primary N) is 1. The van der Waals surface area contributed by atoms with Gasteiger partial charge in [0.15, 0.2) is 17.0 Å². The summed E-state index contributed by atoms with van der Waals surface area (Å²) < 4.78 is 15.6. The molecule has 3 fully saturated rings. The zero-order valence-corrected chi connectivity index (χ0v) is 25.1. The number of carbonyl (C=O) groups is 1. The number of piperidine rings is 1. The lowest BCUT2D eigenvalue weighted by molar-refractivity contribution is -0.106. The molecular formula is C28H40Cl2FN9O2. The maximum Gasteiger partial charge on any atom is 0.430 e. The highest BCUT2D eigenvalue weighted by atomic mass is 35.5. The SMILES string of the molecule is Cl.Cl.NC1CCC(Nc2nc(NC3CCN(OC(=O)Nc4cccc(F)c4)CC3)c3ncn(C4CCCC4)c3n2)CC1. The Bertz CT molecular complexity index is 1320. The summed E-state index contributed by atoms with van der Waals surface area (Å²) in [6, 6.07) is 6.88. The van der Waals surface area contributed by atoms with Crippen molar-refractivity contribution in [3.8, 4) is 0 Å². The first-order valence-electron chi connectivity index (χ1n) is 14.5. The highest BCUT2D eigenvalue weighted by molar-refractivity contribution is 5.86. The van der Waals surface area contributed by atoms with Crippen molar-refractivity contribution in [2.24, 2.45) is 5.73 Å². The number of rotatable bonds is 7. The molecule has 1 aromatic carbocycles. The summed E-state index contributed by atoms with van der Waals surface area (Å²) in [7, 11) is 0. The number of carbonyl (C=O) groups excluding carboxylic acids is 1. The largest absolute Gasteiger partial charge is 0.430 e. The molecule has 14 heteroatoms. The molecule has 2 saturated carbocycles. The number of nitrogens with one attached hydrogen (secondary N) is 3. The maximum absolute atomic E-state index is 13.4. The van der Waals surface area contributed by atoms with Gasteiger partial charge in [-0.1, -0.05) is 18.9 Å². The van der Waals surface area contributed by atoms with Crippen molar-refractivity contribution in [2.45, 2.75) is 88.4 Å². The van der Waals surface area contributed by atoms with Crippen LogP contribution < -0.4 is 21.7 Å². The molecule has 3 aliphatic rings. The fraction of sp³-hybridized carbons (Fsp3) is 0.571. The number of benzene rings is 1. The molecule has 0 radical (unpaired) electrons. The van der Waals surface area contributed by atoms with E-state index in [2.05, 4.69) is 20.5 Å². The van der Waals surface area contributed by atoms with Gasteiger partial charge in [-0.2, -0.15) is 9.97 Å². The molecule has 1 amide bonds. The van der Waals surface area contributed by atoms with Crippen molar-refractivity contribution < 1.29 is 14.0 Å². The highest BCUT2D eigenvalue weighted by Gasteiger charge is 2.27. The number of amides is 1. The number of anilines is 3. The first-order valence-corrected chi connectivity index (χ1v) is 14.5. The zero-order valence-electron chi connectivity index (χ0n) is 23.5. The number of aromatic nitrogens is 4. The van der Waals surface area contributed by atoms with Gasteiger partial charge >= 0.3 is 6.09 Å². The molecular weight excluding hydrogens is 584 g/mol. The molecule has 42 heavy (non-hydrogen) atoms. The van der Waals surface area contributed by atoms with Gasteiger partial charge in [-0.25, -0.2) is 14.2 Å². The summed E-state index contributed by atoms with van der Waals surface area (Å²) >= 11 is 0. The Labute approximate surface area is 257 Å². The molecule has 0 atom stereocenters. The third-order valence-electron chi connectivity index (χ3n) is 8.32. The summed E-state index contributed by atoms with van der Waals surface area (Å²) in [5.74, 6) is 0.947. The van der Waals surface area contributed by atoms with Crippen LogP contribution >= 0.6 is 24.8 Å². The monoisotopic (exact) mass is 623 g/mol. The lowest BCUT2D eigenvalue weighted by Gasteiger charge is -2.31. The van der Waals surface area contributed by atoms with Crippen LogP contribution in [0.2, 0.25) is 0 Å². The Hall–Kier alpha value is -2.93. The number of hydrogen-bond acceptors (Lipinski definition) is 9. The number of hydroxylamine groups is 2. The minimum absolute atomic E-state index is 0. The van der Waals surface area contributed by atoms with E-state index in [4.69, 9.17) is 25.5 Å². The van der Waals surface area contributed by atoms with Crippen LogP contribution in [-0.4, -0.2) is 61.9 Å². The van der Waals surface area contributed by atoms with Crippen molar-refractivity contribution in [1.82, 2.24) is 24.6 Å². The number of hydrogen-bond donors (Lipinski definition) is 4. The van der Waals surface area contributed by atoms with Gasteiger partial charge in [0.05, 0.1) is 6.33 Å². The molecule has 11 nitrogen and oxygen atoms in total. The van der Waals surface area contributed by atoms with Gasteiger partial charge in [-0.15, -0.1) is 29.9 Å². The molecule has 230 valence electrons. The van der Waals surface area contributed by atoms with Crippen molar-refractivity contribution in [3.05, 3.63) is 36.4 Å². The minimum Gasteiger partial charge on any atom is -0.365 e. The van der Waals surface area contributed by atoms with E-state index in [1.807, 2.05) is 6.33 Å². The number of halogens is 3. The molecule has 6 rings (SSSR count). The molecule has 0 bridgehead atoms. The topological polar surface area (TPSA) is 135 Å². The average molecular weight is 625 g/mol. The number of imidazole rings is 1. The minimum atomic E-state index is -0.633. The first-order chi connectivity index (χ1) is 19.5. The van der Waals surface area contributed by atoms with Crippen LogP contribution in [0.1, 0.15) is 70.3 Å². The Morgan fingerprint density at radius 3 is 2.38 bits per heavy atom. The van der Waals surface area contributed by atoms with E-state index in [1.54, 1.807) is 11.1 Å². The van der Waals surface area contributed by atoms with Gasteiger partial charge in [-0.3, -0.25) is 5.32 Å². The summed E-state index contributed by atoms with van der Waals surface area (Å²) in [5.41, 5.74) is 8.13. The molecule has 0 spiro atoms. The lowest BCUT2D eigenvalue weighted by atomic mass is 9.92. The second-order valence-corrected chi connectivity index (χ2v) is 11.3. The van der Waals surface area contributed by atoms with Gasteiger partial charge in [0, 0.05) is 42.9 Å². The molecule has 2 aliphatic carbocycles. The third kappa shape index (κ3) is 7.71. The van der Waals surface area contributed by atoms with E-state index in [0.717, 1.165) is 68.3 Å². The van der Waals surface area contributed by atoms with Gasteiger partial charge in [-0.05, 0) is 69.6 Å². The van der Waals surface area contributed by atoms with E-state index < -0.39 is 11.9 Å². The van der Waals surface area contributed by atoms with E-state index >= 15 is 0 Å². The van der Waals surface area contributed by atoms with E-state index in [-0.39, 0.29) is 36.9 Å². The third-order valence-corrected chi connectivity index (χ3v) is 8.32. The molecule has 1 aliphatic heterocycles. The first kappa shape index (κ1) is 32.0. The van der Waals surface area contributed by atoms with Gasteiger partial charge in [0.2, 0.25) is 5.95 Å². The van der Waals surface area contributed by atoms with Crippen LogP contribution in [0.15, 0.2) is 30.6 Å². The summed E-state index contributed by atoms with van der Waals surface area (Å²) in [4.78, 5) is 32.3. The van der Waals surface area contributed by atoms with Crippen molar-refractivity contribution in [3.63, 3.8) is 0 Å². The summed E-state index contributed by atoms with van der Waals surface area (Å²) in [6.07, 6.45) is 11.6. The van der Waals surface area contributed by atoms with Gasteiger partial charge in [0.25, 0.3) is 0 Å². The Morgan fingerprint density at radius 1 is 0.952 bits per heavy atom. The van der Waals surface area contributed by atoms with Crippen LogP contribution in [0.5, 0.6) is 0 Å². The fourth-order valence-electron chi connectivity index (χ4n) is 6.09. The maximum atomic E-state index is 13.4. The predicted molar refractivity (Wildman–Crippen MR) is 166 cm³/mol. The number of fused-ring (bicyclic) bond motifs is 1. The van der Waals surface area contributed by atoms with Crippen LogP contribution in [0, 0.1) is 5.82 Å². The second-order valence-electron chi connectivity index (χ2n) is 11.3. The second kappa shape index (κ2) is 14.5. The molecule has 3 heterocycles. The molecule has 1 saturated heterocycles. The van der Waals surface area contributed by atoms with Crippen LogP contribution in [0.4, 0.5) is 26.6 Å². The van der Waals surface area contributed by atoms with Crippen LogP contribution in [-0.2, 0) is 4.84 Å². The molecule has 0 unspecified atom stereocenters. The standard InChI is InChI=1S/C28H38FN9O2.2ClH/c29-18-4-3-5-22(16-18)34-28(39)40-37-14-12-21(13-15-37)32-25-24-26(38(17-31-24)23-6-1-2-7-23)36-27(35-25)33-20-10-8-19(30)9-11-20;;/h3-5,16-17,19-21,23H,1-2,6-15,30H2,(H,34,39)(H2,32,33,35,36);2*1H. The Morgan fingerprint density at radius 2 is 1.67 bits per heavy atom. The Balaban J connectivity index is 0.00000202. The average Bonchev–Trinajstić information content (AvgIpc) is 3.61. The molecule has 2 aromatic heterocycles.